The number of aromatic nitrogens is 2. The van der Waals surface area contributed by atoms with E-state index in [0.717, 1.165) is 54.6 Å². The minimum Gasteiger partial charge on any atom is -0.495 e. The second-order valence-corrected chi connectivity index (χ2v) is 7.04. The lowest BCUT2D eigenvalue weighted by Gasteiger charge is -2.25. The number of pyridine rings is 2. The SMILES string of the molecule is COc1ccc(N(Cc2cccnc2)c2ccccc2)nc1C[C@@H]1CCOC1. The average Bonchev–Trinajstić information content (AvgIpc) is 3.26. The molecule has 5 nitrogen and oxygen atoms in total. The summed E-state index contributed by atoms with van der Waals surface area (Å²) >= 11 is 0. The Kier molecular flexibility index (Phi) is 5.83. The van der Waals surface area contributed by atoms with Crippen LogP contribution in [0.2, 0.25) is 0 Å². The Balaban J connectivity index is 1.68. The molecule has 0 saturated carbocycles. The molecule has 4 rings (SSSR count). The second-order valence-electron chi connectivity index (χ2n) is 7.04. The van der Waals surface area contributed by atoms with Crippen molar-refractivity contribution in [3.05, 3.63) is 78.2 Å². The lowest BCUT2D eigenvalue weighted by Crippen LogP contribution is -2.19. The monoisotopic (exact) mass is 375 g/mol. The number of hydrogen-bond donors (Lipinski definition) is 0. The minimum absolute atomic E-state index is 0.500. The molecule has 3 heterocycles. The van der Waals surface area contributed by atoms with E-state index in [-0.39, 0.29) is 0 Å². The van der Waals surface area contributed by atoms with Crippen molar-refractivity contribution in [2.24, 2.45) is 5.92 Å². The molecule has 0 bridgehead atoms. The minimum atomic E-state index is 0.500. The number of benzene rings is 1. The van der Waals surface area contributed by atoms with Crippen molar-refractivity contribution < 1.29 is 9.47 Å². The van der Waals surface area contributed by atoms with Crippen molar-refractivity contribution in [3.63, 3.8) is 0 Å². The standard InChI is InChI=1S/C23H25N3O2/c1-27-22-9-10-23(25-21(22)14-18-11-13-28-17-18)26(20-7-3-2-4-8-20)16-19-6-5-12-24-15-19/h2-10,12,15,18H,11,13-14,16-17H2,1H3/t18-/m0/s1. The Morgan fingerprint density at radius 1 is 1.11 bits per heavy atom. The summed E-state index contributed by atoms with van der Waals surface area (Å²) in [6, 6.07) is 18.4. The fourth-order valence-corrected chi connectivity index (χ4v) is 3.56. The molecule has 0 aliphatic carbocycles. The summed E-state index contributed by atoms with van der Waals surface area (Å²) in [7, 11) is 1.70. The Bertz CT molecular complexity index is 881. The van der Waals surface area contributed by atoms with Gasteiger partial charge in [0.1, 0.15) is 11.6 Å². The van der Waals surface area contributed by atoms with Crippen LogP contribution in [0.15, 0.2) is 67.0 Å². The lowest BCUT2D eigenvalue weighted by molar-refractivity contribution is 0.185. The molecule has 1 aliphatic heterocycles. The van der Waals surface area contributed by atoms with E-state index >= 15 is 0 Å². The van der Waals surface area contributed by atoms with Crippen LogP contribution in [0.1, 0.15) is 17.7 Å². The highest BCUT2D eigenvalue weighted by Crippen LogP contribution is 2.30. The van der Waals surface area contributed by atoms with E-state index < -0.39 is 0 Å². The van der Waals surface area contributed by atoms with Gasteiger partial charge in [0.2, 0.25) is 0 Å². The van der Waals surface area contributed by atoms with Gasteiger partial charge in [0, 0.05) is 31.3 Å². The van der Waals surface area contributed by atoms with Gasteiger partial charge in [0.05, 0.1) is 19.3 Å². The van der Waals surface area contributed by atoms with Crippen LogP contribution in [0.3, 0.4) is 0 Å². The number of anilines is 2. The molecule has 0 spiro atoms. The lowest BCUT2D eigenvalue weighted by atomic mass is 10.0. The summed E-state index contributed by atoms with van der Waals surface area (Å²) in [5.74, 6) is 2.25. The zero-order valence-corrected chi connectivity index (χ0v) is 16.1. The first-order valence-electron chi connectivity index (χ1n) is 9.66. The first-order chi connectivity index (χ1) is 13.8. The maximum absolute atomic E-state index is 5.58. The Morgan fingerprint density at radius 2 is 2.00 bits per heavy atom. The summed E-state index contributed by atoms with van der Waals surface area (Å²) in [6.45, 7) is 2.33. The third-order valence-electron chi connectivity index (χ3n) is 5.05. The number of methoxy groups -OCH3 is 1. The summed E-state index contributed by atoms with van der Waals surface area (Å²) < 4.78 is 11.1. The molecule has 1 aliphatic rings. The molecule has 0 N–H and O–H groups in total. The molecule has 1 aromatic carbocycles. The summed E-state index contributed by atoms with van der Waals surface area (Å²) in [4.78, 5) is 11.5. The molecule has 28 heavy (non-hydrogen) atoms. The van der Waals surface area contributed by atoms with Gasteiger partial charge in [-0.1, -0.05) is 24.3 Å². The van der Waals surface area contributed by atoms with E-state index in [1.807, 2.05) is 42.6 Å². The Labute approximate surface area is 166 Å². The maximum Gasteiger partial charge on any atom is 0.140 e. The normalized spacial score (nSPS) is 16.1. The van der Waals surface area contributed by atoms with E-state index in [1.165, 1.54) is 0 Å². The van der Waals surface area contributed by atoms with Gasteiger partial charge in [-0.25, -0.2) is 4.98 Å². The zero-order chi connectivity index (χ0) is 19.2. The molecule has 3 aromatic rings. The third kappa shape index (κ3) is 4.31. The molecule has 2 aromatic heterocycles. The fourth-order valence-electron chi connectivity index (χ4n) is 3.56. The van der Waals surface area contributed by atoms with Crippen molar-refractivity contribution in [1.29, 1.82) is 0 Å². The van der Waals surface area contributed by atoms with Crippen LogP contribution in [0.4, 0.5) is 11.5 Å². The molecule has 1 fully saturated rings. The van der Waals surface area contributed by atoms with E-state index in [9.17, 15) is 0 Å². The summed E-state index contributed by atoms with van der Waals surface area (Å²) in [6.07, 6.45) is 5.64. The predicted octanol–water partition coefficient (Wildman–Crippen LogP) is 4.40. The summed E-state index contributed by atoms with van der Waals surface area (Å²) in [5, 5.41) is 0. The maximum atomic E-state index is 5.58. The highest BCUT2D eigenvalue weighted by Gasteiger charge is 2.21. The summed E-state index contributed by atoms with van der Waals surface area (Å²) in [5.41, 5.74) is 3.22. The van der Waals surface area contributed by atoms with E-state index in [2.05, 4.69) is 28.1 Å². The van der Waals surface area contributed by atoms with Gasteiger partial charge in [0.25, 0.3) is 0 Å². The van der Waals surface area contributed by atoms with Gasteiger partial charge >= 0.3 is 0 Å². The van der Waals surface area contributed by atoms with Gasteiger partial charge in [-0.05, 0) is 54.7 Å². The predicted molar refractivity (Wildman–Crippen MR) is 110 cm³/mol. The van der Waals surface area contributed by atoms with Gasteiger partial charge in [-0.2, -0.15) is 0 Å². The van der Waals surface area contributed by atoms with E-state index in [1.54, 1.807) is 13.3 Å². The second kappa shape index (κ2) is 8.85. The highest BCUT2D eigenvalue weighted by atomic mass is 16.5. The van der Waals surface area contributed by atoms with Crippen LogP contribution >= 0.6 is 0 Å². The Hall–Kier alpha value is -2.92. The van der Waals surface area contributed by atoms with Crippen LogP contribution in [-0.4, -0.2) is 30.3 Å². The van der Waals surface area contributed by atoms with Crippen molar-refractivity contribution in [2.45, 2.75) is 19.4 Å². The number of rotatable bonds is 7. The third-order valence-corrected chi connectivity index (χ3v) is 5.05. The highest BCUT2D eigenvalue weighted by molar-refractivity contribution is 5.61. The molecule has 1 atom stereocenters. The van der Waals surface area contributed by atoms with E-state index in [4.69, 9.17) is 14.5 Å². The first kappa shape index (κ1) is 18.4. The Morgan fingerprint density at radius 3 is 2.71 bits per heavy atom. The molecular formula is C23H25N3O2. The number of para-hydroxylation sites is 1. The van der Waals surface area contributed by atoms with Gasteiger partial charge < -0.3 is 14.4 Å². The number of hydrogen-bond acceptors (Lipinski definition) is 5. The van der Waals surface area contributed by atoms with Crippen molar-refractivity contribution in [3.8, 4) is 5.75 Å². The topological polar surface area (TPSA) is 47.5 Å². The molecular weight excluding hydrogens is 350 g/mol. The average molecular weight is 375 g/mol. The first-order valence-corrected chi connectivity index (χ1v) is 9.66. The molecule has 0 unspecified atom stereocenters. The van der Waals surface area contributed by atoms with Crippen molar-refractivity contribution in [1.82, 2.24) is 9.97 Å². The van der Waals surface area contributed by atoms with Crippen LogP contribution in [-0.2, 0) is 17.7 Å². The van der Waals surface area contributed by atoms with E-state index in [0.29, 0.717) is 12.5 Å². The molecule has 0 radical (unpaired) electrons. The van der Waals surface area contributed by atoms with Gasteiger partial charge in [0.15, 0.2) is 0 Å². The quantitative estimate of drug-likeness (QED) is 0.612. The van der Waals surface area contributed by atoms with Crippen LogP contribution in [0.25, 0.3) is 0 Å². The zero-order valence-electron chi connectivity index (χ0n) is 16.1. The van der Waals surface area contributed by atoms with Gasteiger partial charge in [-0.3, -0.25) is 4.98 Å². The van der Waals surface area contributed by atoms with Gasteiger partial charge in [-0.15, -0.1) is 0 Å². The largest absolute Gasteiger partial charge is 0.495 e. The molecule has 5 heteroatoms. The van der Waals surface area contributed by atoms with Crippen molar-refractivity contribution >= 4 is 11.5 Å². The number of nitrogens with zero attached hydrogens (tertiary/aromatic N) is 3. The molecule has 144 valence electrons. The molecule has 0 amide bonds. The van der Waals surface area contributed by atoms with Crippen LogP contribution in [0, 0.1) is 5.92 Å². The smallest absolute Gasteiger partial charge is 0.140 e. The number of ether oxygens (including phenoxy) is 2. The van der Waals surface area contributed by atoms with Crippen LogP contribution in [0.5, 0.6) is 5.75 Å². The van der Waals surface area contributed by atoms with Crippen LogP contribution < -0.4 is 9.64 Å². The fraction of sp³-hybridized carbons (Fsp3) is 0.304. The molecule has 1 saturated heterocycles. The van der Waals surface area contributed by atoms with Crippen molar-refractivity contribution in [2.75, 3.05) is 25.2 Å².